The highest BCUT2D eigenvalue weighted by Gasteiger charge is 2.29. The smallest absolute Gasteiger partial charge is 0.227 e. The molecule has 0 radical (unpaired) electrons. The fraction of sp³-hybridized carbons (Fsp3) is 0.263. The molecule has 1 aliphatic carbocycles. The first-order valence-corrected chi connectivity index (χ1v) is 8.05. The van der Waals surface area contributed by atoms with Crippen molar-refractivity contribution in [2.45, 2.75) is 25.4 Å². The van der Waals surface area contributed by atoms with Crippen LogP contribution < -0.4 is 10.6 Å². The number of benzene rings is 2. The van der Waals surface area contributed by atoms with Crippen molar-refractivity contribution < 1.29 is 14.7 Å². The van der Waals surface area contributed by atoms with Crippen molar-refractivity contribution in [1.82, 2.24) is 0 Å². The number of hydrogen-bond donors (Lipinski definition) is 3. The molecule has 2 aromatic carbocycles. The Morgan fingerprint density at radius 2 is 1.54 bits per heavy atom. The lowest BCUT2D eigenvalue weighted by molar-refractivity contribution is -0.118. The van der Waals surface area contributed by atoms with E-state index in [0.717, 1.165) is 12.8 Å². The zero-order chi connectivity index (χ0) is 16.9. The first-order valence-electron chi connectivity index (χ1n) is 8.05. The molecule has 0 aliphatic heterocycles. The van der Waals surface area contributed by atoms with Crippen LogP contribution in [0.4, 0.5) is 11.4 Å². The molecule has 5 nitrogen and oxygen atoms in total. The molecule has 1 aliphatic rings. The molecule has 124 valence electrons. The van der Waals surface area contributed by atoms with Crippen LogP contribution in [0, 0.1) is 5.92 Å². The summed E-state index contributed by atoms with van der Waals surface area (Å²) in [5, 5.41) is 15.7. The number of amides is 2. The van der Waals surface area contributed by atoms with Gasteiger partial charge in [0.25, 0.3) is 0 Å². The van der Waals surface area contributed by atoms with E-state index in [2.05, 4.69) is 10.6 Å². The lowest BCUT2D eigenvalue weighted by Gasteiger charge is -2.11. The largest absolute Gasteiger partial charge is 0.388 e. The maximum Gasteiger partial charge on any atom is 0.227 e. The van der Waals surface area contributed by atoms with E-state index in [1.54, 1.807) is 36.4 Å². The average molecular weight is 324 g/mol. The van der Waals surface area contributed by atoms with Gasteiger partial charge in [0, 0.05) is 17.3 Å². The van der Waals surface area contributed by atoms with E-state index >= 15 is 0 Å². The fourth-order valence-corrected chi connectivity index (χ4v) is 2.41. The predicted octanol–water partition coefficient (Wildman–Crippen LogP) is 3.10. The van der Waals surface area contributed by atoms with Gasteiger partial charge in [-0.1, -0.05) is 30.3 Å². The molecule has 0 heterocycles. The molecule has 1 saturated carbocycles. The van der Waals surface area contributed by atoms with Crippen LogP contribution in [0.5, 0.6) is 0 Å². The van der Waals surface area contributed by atoms with Gasteiger partial charge in [-0.2, -0.15) is 0 Å². The Bertz CT molecular complexity index is 709. The number of aliphatic hydroxyl groups is 1. The Hall–Kier alpha value is -2.66. The molecule has 0 spiro atoms. The summed E-state index contributed by atoms with van der Waals surface area (Å²) in [5.41, 5.74) is 2.06. The number of anilines is 2. The van der Waals surface area contributed by atoms with Crippen LogP contribution >= 0.6 is 0 Å². The molecule has 3 N–H and O–H groups in total. The molecule has 5 heteroatoms. The van der Waals surface area contributed by atoms with Crippen LogP contribution in [0.1, 0.15) is 30.9 Å². The molecule has 1 fully saturated rings. The van der Waals surface area contributed by atoms with Gasteiger partial charge in [0.1, 0.15) is 0 Å². The molecule has 2 aromatic rings. The van der Waals surface area contributed by atoms with Crippen LogP contribution in [0.3, 0.4) is 0 Å². The van der Waals surface area contributed by atoms with Gasteiger partial charge in [-0.15, -0.1) is 0 Å². The van der Waals surface area contributed by atoms with E-state index in [0.29, 0.717) is 16.9 Å². The van der Waals surface area contributed by atoms with E-state index in [4.69, 9.17) is 0 Å². The van der Waals surface area contributed by atoms with Crippen molar-refractivity contribution in [2.24, 2.45) is 5.92 Å². The van der Waals surface area contributed by atoms with E-state index in [1.165, 1.54) is 0 Å². The summed E-state index contributed by atoms with van der Waals surface area (Å²) >= 11 is 0. The fourth-order valence-electron chi connectivity index (χ4n) is 2.41. The van der Waals surface area contributed by atoms with E-state index in [9.17, 15) is 14.7 Å². The Labute approximate surface area is 140 Å². The van der Waals surface area contributed by atoms with Gasteiger partial charge < -0.3 is 15.7 Å². The van der Waals surface area contributed by atoms with Crippen molar-refractivity contribution in [2.75, 3.05) is 10.6 Å². The van der Waals surface area contributed by atoms with Crippen LogP contribution in [-0.2, 0) is 9.59 Å². The van der Waals surface area contributed by atoms with Gasteiger partial charge in [-0.3, -0.25) is 9.59 Å². The second-order valence-electron chi connectivity index (χ2n) is 6.02. The van der Waals surface area contributed by atoms with E-state index < -0.39 is 6.10 Å². The molecule has 0 saturated heterocycles. The van der Waals surface area contributed by atoms with Gasteiger partial charge in [-0.25, -0.2) is 0 Å². The second-order valence-corrected chi connectivity index (χ2v) is 6.02. The summed E-state index contributed by atoms with van der Waals surface area (Å²) in [4.78, 5) is 23.7. The Morgan fingerprint density at radius 1 is 0.958 bits per heavy atom. The highest BCUT2D eigenvalue weighted by Crippen LogP contribution is 2.30. The maximum atomic E-state index is 12.0. The van der Waals surface area contributed by atoms with Crippen LogP contribution in [0.15, 0.2) is 54.6 Å². The van der Waals surface area contributed by atoms with Crippen molar-refractivity contribution in [1.29, 1.82) is 0 Å². The van der Waals surface area contributed by atoms with E-state index in [1.807, 2.05) is 18.2 Å². The first kappa shape index (κ1) is 16.2. The van der Waals surface area contributed by atoms with Crippen molar-refractivity contribution in [3.63, 3.8) is 0 Å². The lowest BCUT2D eigenvalue weighted by atomic mass is 10.1. The second kappa shape index (κ2) is 7.27. The molecule has 24 heavy (non-hydrogen) atoms. The Balaban J connectivity index is 1.51. The monoisotopic (exact) mass is 324 g/mol. The predicted molar refractivity (Wildman–Crippen MR) is 92.4 cm³/mol. The molecule has 0 bridgehead atoms. The minimum Gasteiger partial charge on any atom is -0.388 e. The van der Waals surface area contributed by atoms with Gasteiger partial charge in [-0.05, 0) is 42.7 Å². The van der Waals surface area contributed by atoms with Gasteiger partial charge in [0.2, 0.25) is 11.8 Å². The number of nitrogens with one attached hydrogen (secondary N) is 2. The number of hydrogen-bond acceptors (Lipinski definition) is 3. The number of aliphatic hydroxyl groups excluding tert-OH is 1. The van der Waals surface area contributed by atoms with Crippen LogP contribution in [0.2, 0.25) is 0 Å². The average Bonchev–Trinajstić information content (AvgIpc) is 3.42. The third kappa shape index (κ3) is 4.43. The van der Waals surface area contributed by atoms with Crippen LogP contribution in [0.25, 0.3) is 0 Å². The summed E-state index contributed by atoms with van der Waals surface area (Å²) in [5.74, 6) is -0.0530. The first-order chi connectivity index (χ1) is 11.6. The SMILES string of the molecule is O=C(CC(O)c1ccccc1)Nc1ccc(NC(=O)C2CC2)cc1. The molecular weight excluding hydrogens is 304 g/mol. The highest BCUT2D eigenvalue weighted by atomic mass is 16.3. The van der Waals surface area contributed by atoms with Crippen molar-refractivity contribution >= 4 is 23.2 Å². The standard InChI is InChI=1S/C19H20N2O3/c22-17(13-4-2-1-3-5-13)12-18(23)20-15-8-10-16(11-9-15)21-19(24)14-6-7-14/h1-5,8-11,14,17,22H,6-7,12H2,(H,20,23)(H,21,24). The van der Waals surface area contributed by atoms with E-state index in [-0.39, 0.29) is 24.2 Å². The number of rotatable bonds is 6. The summed E-state index contributed by atoms with van der Waals surface area (Å²) in [6.07, 6.45) is 1.08. The maximum absolute atomic E-state index is 12.0. The molecule has 2 amide bonds. The summed E-state index contributed by atoms with van der Waals surface area (Å²) in [6, 6.07) is 16.1. The zero-order valence-corrected chi connectivity index (χ0v) is 13.2. The Morgan fingerprint density at radius 3 is 2.12 bits per heavy atom. The van der Waals surface area contributed by atoms with Gasteiger partial charge in [0.05, 0.1) is 12.5 Å². The van der Waals surface area contributed by atoms with Crippen LogP contribution in [-0.4, -0.2) is 16.9 Å². The summed E-state index contributed by atoms with van der Waals surface area (Å²) in [7, 11) is 0. The summed E-state index contributed by atoms with van der Waals surface area (Å²) in [6.45, 7) is 0. The number of carbonyl (C=O) groups excluding carboxylic acids is 2. The molecule has 3 rings (SSSR count). The lowest BCUT2D eigenvalue weighted by Crippen LogP contribution is -2.16. The zero-order valence-electron chi connectivity index (χ0n) is 13.2. The third-order valence-electron chi connectivity index (χ3n) is 3.95. The summed E-state index contributed by atoms with van der Waals surface area (Å²) < 4.78 is 0. The van der Waals surface area contributed by atoms with Gasteiger partial charge >= 0.3 is 0 Å². The van der Waals surface area contributed by atoms with Gasteiger partial charge in [0.15, 0.2) is 0 Å². The normalized spacial score (nSPS) is 14.7. The minimum atomic E-state index is -0.830. The quantitative estimate of drug-likeness (QED) is 0.764. The molecule has 0 aromatic heterocycles. The number of carbonyl (C=O) groups is 2. The Kier molecular flexibility index (Phi) is 4.91. The van der Waals surface area contributed by atoms with Crippen molar-refractivity contribution in [3.05, 3.63) is 60.2 Å². The molecule has 1 atom stereocenters. The highest BCUT2D eigenvalue weighted by molar-refractivity contribution is 5.95. The van der Waals surface area contributed by atoms with Crippen molar-refractivity contribution in [3.8, 4) is 0 Å². The topological polar surface area (TPSA) is 78.4 Å². The third-order valence-corrected chi connectivity index (χ3v) is 3.95. The minimum absolute atomic E-state index is 0.00974. The molecular formula is C19H20N2O3. The molecule has 1 unspecified atom stereocenters.